The smallest absolute Gasteiger partial charge is 0.330 e. The van der Waals surface area contributed by atoms with Crippen LogP contribution >= 0.6 is 14.3 Å². The zero-order chi connectivity index (χ0) is 50.1. The van der Waals surface area contributed by atoms with Crippen molar-refractivity contribution < 1.29 is 28.2 Å². The maximum absolute atomic E-state index is 16.6. The molecule has 8 heteroatoms. The van der Waals surface area contributed by atoms with Gasteiger partial charge in [-0.15, -0.1) is 0 Å². The van der Waals surface area contributed by atoms with Crippen LogP contribution in [0.25, 0.3) is 38.7 Å². The van der Waals surface area contributed by atoms with Gasteiger partial charge >= 0.3 is 11.9 Å². The summed E-state index contributed by atoms with van der Waals surface area (Å²) in [5.41, 5.74) is 3.37. The molecule has 2 aliphatic carbocycles. The fourth-order valence-corrected chi connectivity index (χ4v) is 16.9. The minimum Gasteiger partial charge on any atom is -0.463 e. The third-order valence-electron chi connectivity index (χ3n) is 14.5. The fraction of sp³-hybridized carbons (Fsp3) is 0.219. The number of carbonyl (C=O) groups excluding carboxylic acids is 2. The van der Waals surface area contributed by atoms with Crippen LogP contribution in [0.2, 0.25) is 0 Å². The Morgan fingerprint density at radius 3 is 1.43 bits per heavy atom. The number of aryl methyl sites for hydroxylation is 1. The molecular formula is C64H62O6P2. The first-order chi connectivity index (χ1) is 35.1. The van der Waals surface area contributed by atoms with Gasteiger partial charge in [0.05, 0.1) is 13.2 Å². The SMILES string of the molecule is C/C=C/C(=O)OCC1CC2CCCCC2C1.CCOC(=O)/C=C/c1cccc2c(-c3c(P(=O)(c4ccccc4)c4ccccc4)ccc4c(C)cccc34)c(P(=O)(c3ccccc3)c3ccccc3)ccc12. The molecule has 0 aliphatic heterocycles. The van der Waals surface area contributed by atoms with Crippen molar-refractivity contribution in [3.05, 3.63) is 211 Å². The molecule has 2 aliphatic rings. The van der Waals surface area contributed by atoms with Crippen LogP contribution < -0.4 is 31.8 Å². The van der Waals surface area contributed by atoms with Gasteiger partial charge in [0.1, 0.15) is 0 Å². The average molecular weight is 989 g/mol. The second-order valence-electron chi connectivity index (χ2n) is 18.9. The van der Waals surface area contributed by atoms with Gasteiger partial charge in [-0.25, -0.2) is 9.59 Å². The normalized spacial score (nSPS) is 16.8. The predicted octanol–water partition coefficient (Wildman–Crippen LogP) is 13.1. The number of hydrogen-bond acceptors (Lipinski definition) is 6. The Labute approximate surface area is 424 Å². The van der Waals surface area contributed by atoms with Crippen LogP contribution in [-0.4, -0.2) is 25.2 Å². The summed E-state index contributed by atoms with van der Waals surface area (Å²) in [6, 6.07) is 59.0. The summed E-state index contributed by atoms with van der Waals surface area (Å²) in [6.07, 6.45) is 14.6. The molecule has 2 fully saturated rings. The summed E-state index contributed by atoms with van der Waals surface area (Å²) < 4.78 is 43.6. The summed E-state index contributed by atoms with van der Waals surface area (Å²) in [4.78, 5) is 23.8. The molecular weight excluding hydrogens is 927 g/mol. The molecule has 0 spiro atoms. The molecule has 0 radical (unpaired) electrons. The summed E-state index contributed by atoms with van der Waals surface area (Å²) in [7, 11) is -7.23. The lowest BCUT2D eigenvalue weighted by Crippen LogP contribution is -2.30. The van der Waals surface area contributed by atoms with E-state index in [-0.39, 0.29) is 12.6 Å². The van der Waals surface area contributed by atoms with Crippen molar-refractivity contribution in [1.82, 2.24) is 0 Å². The van der Waals surface area contributed by atoms with Gasteiger partial charge in [0.15, 0.2) is 14.3 Å². The van der Waals surface area contributed by atoms with E-state index in [0.717, 1.165) is 55.6 Å². The van der Waals surface area contributed by atoms with Crippen molar-refractivity contribution in [2.75, 3.05) is 13.2 Å². The highest BCUT2D eigenvalue weighted by Crippen LogP contribution is 2.52. The van der Waals surface area contributed by atoms with Gasteiger partial charge in [0.25, 0.3) is 0 Å². The third-order valence-corrected chi connectivity index (χ3v) is 20.7. The van der Waals surface area contributed by atoms with Crippen molar-refractivity contribution in [1.29, 1.82) is 0 Å². The minimum absolute atomic E-state index is 0.183. The number of benzene rings is 8. The molecule has 2 saturated carbocycles. The molecule has 8 aromatic rings. The first-order valence-corrected chi connectivity index (χ1v) is 28.7. The predicted molar refractivity (Wildman–Crippen MR) is 300 cm³/mol. The Bertz CT molecular complexity index is 3250. The number of rotatable bonds is 13. The molecule has 8 aromatic carbocycles. The van der Waals surface area contributed by atoms with Crippen molar-refractivity contribution in [2.45, 2.75) is 59.3 Å². The van der Waals surface area contributed by atoms with E-state index in [1.807, 2.05) is 171 Å². The first kappa shape index (κ1) is 50.1. The molecule has 0 bridgehead atoms. The maximum Gasteiger partial charge on any atom is 0.330 e. The van der Waals surface area contributed by atoms with Crippen LogP contribution in [0.5, 0.6) is 0 Å². The molecule has 10 rings (SSSR count). The molecule has 6 nitrogen and oxygen atoms in total. The number of ether oxygens (including phenoxy) is 2. The zero-order valence-corrected chi connectivity index (χ0v) is 43.2. The highest BCUT2D eigenvalue weighted by Gasteiger charge is 2.39. The lowest BCUT2D eigenvalue weighted by Gasteiger charge is -2.29. The Hall–Kier alpha value is -6.84. The van der Waals surface area contributed by atoms with Gasteiger partial charge in [-0.1, -0.05) is 202 Å². The van der Waals surface area contributed by atoms with Crippen LogP contribution in [0, 0.1) is 24.7 Å². The average Bonchev–Trinajstić information content (AvgIpc) is 3.86. The molecule has 72 heavy (non-hydrogen) atoms. The molecule has 0 aromatic heterocycles. The van der Waals surface area contributed by atoms with Crippen LogP contribution in [0.3, 0.4) is 0 Å². The van der Waals surface area contributed by atoms with E-state index in [4.69, 9.17) is 9.47 Å². The minimum atomic E-state index is -3.63. The van der Waals surface area contributed by atoms with Crippen LogP contribution in [0.15, 0.2) is 200 Å². The van der Waals surface area contributed by atoms with E-state index in [0.29, 0.717) is 44.4 Å². The number of carbonyl (C=O) groups is 2. The van der Waals surface area contributed by atoms with Crippen molar-refractivity contribution >= 4 is 85.7 Å². The number of allylic oxidation sites excluding steroid dienone is 1. The Kier molecular flexibility index (Phi) is 15.8. The first-order valence-electron chi connectivity index (χ1n) is 25.3. The topological polar surface area (TPSA) is 86.7 Å². The fourth-order valence-electron chi connectivity index (χ4n) is 11.2. The molecule has 0 saturated heterocycles. The second-order valence-corrected chi connectivity index (χ2v) is 24.4. The lowest BCUT2D eigenvalue weighted by molar-refractivity contribution is -0.139. The Balaban J connectivity index is 0.000000339. The Morgan fingerprint density at radius 1 is 0.514 bits per heavy atom. The van der Waals surface area contributed by atoms with E-state index in [9.17, 15) is 9.59 Å². The van der Waals surface area contributed by atoms with Crippen molar-refractivity contribution in [3.63, 3.8) is 0 Å². The summed E-state index contributed by atoms with van der Waals surface area (Å²) in [5, 5.41) is 7.67. The quantitative estimate of drug-likeness (QED) is 0.0650. The van der Waals surface area contributed by atoms with E-state index < -0.39 is 20.3 Å². The lowest BCUT2D eigenvalue weighted by atomic mass is 9.82. The highest BCUT2D eigenvalue weighted by atomic mass is 31.2. The van der Waals surface area contributed by atoms with E-state index in [2.05, 4.69) is 25.1 Å². The van der Waals surface area contributed by atoms with Gasteiger partial charge in [-0.05, 0) is 102 Å². The monoisotopic (exact) mass is 988 g/mol. The number of esters is 2. The van der Waals surface area contributed by atoms with E-state index in [1.165, 1.54) is 50.7 Å². The summed E-state index contributed by atoms with van der Waals surface area (Å²) in [5.74, 6) is 1.87. The van der Waals surface area contributed by atoms with E-state index in [1.54, 1.807) is 19.1 Å². The zero-order valence-electron chi connectivity index (χ0n) is 41.4. The van der Waals surface area contributed by atoms with Crippen LogP contribution in [-0.2, 0) is 28.2 Å². The van der Waals surface area contributed by atoms with E-state index >= 15 is 9.13 Å². The highest BCUT2D eigenvalue weighted by molar-refractivity contribution is 7.86. The molecule has 0 N–H and O–H groups in total. The van der Waals surface area contributed by atoms with Gasteiger partial charge in [0, 0.05) is 55.1 Å². The molecule has 364 valence electrons. The summed E-state index contributed by atoms with van der Waals surface area (Å²) >= 11 is 0. The standard InChI is InChI=1S/C50H40O4P2.C14H22O2/c1-3-54-48(51)35-30-37-19-17-29-45-43(37)32-34-47(56(53,40-24-12-6-13-25-40)41-26-14-7-15-27-41)50(45)49-44-28-16-18-36(2)42(44)31-33-46(49)55(52,38-20-8-4-9-21-38)39-22-10-5-11-23-39;1-2-5-14(15)16-10-11-8-12-6-3-4-7-13(12)9-11/h4-35H,3H2,1-2H3;2,5,11-13H,3-4,6-10H2,1H3/b35-30+;5-2+. The van der Waals surface area contributed by atoms with Gasteiger partial charge in [0.2, 0.25) is 0 Å². The number of hydrogen-bond donors (Lipinski definition) is 0. The molecule has 2 unspecified atom stereocenters. The van der Waals surface area contributed by atoms with Gasteiger partial charge in [-0.2, -0.15) is 0 Å². The van der Waals surface area contributed by atoms with Crippen molar-refractivity contribution in [2.24, 2.45) is 17.8 Å². The summed E-state index contributed by atoms with van der Waals surface area (Å²) in [6.45, 7) is 6.61. The third kappa shape index (κ3) is 10.3. The van der Waals surface area contributed by atoms with Crippen molar-refractivity contribution in [3.8, 4) is 11.1 Å². The molecule has 0 heterocycles. The molecule has 2 atom stereocenters. The van der Waals surface area contributed by atoms with Crippen LogP contribution in [0.4, 0.5) is 0 Å². The van der Waals surface area contributed by atoms with Gasteiger partial charge in [-0.3, -0.25) is 0 Å². The largest absolute Gasteiger partial charge is 0.463 e. The maximum atomic E-state index is 16.6. The second kappa shape index (κ2) is 22.7. The van der Waals surface area contributed by atoms with Gasteiger partial charge < -0.3 is 18.6 Å². The van der Waals surface area contributed by atoms with Crippen LogP contribution in [0.1, 0.15) is 63.5 Å². The Morgan fingerprint density at radius 2 is 0.958 bits per heavy atom. The molecule has 0 amide bonds. The number of fused-ring (bicyclic) bond motifs is 3.